The molecule has 0 saturated heterocycles. The Hall–Kier alpha value is -2.81. The first-order valence-corrected chi connectivity index (χ1v) is 13.1. The summed E-state index contributed by atoms with van der Waals surface area (Å²) in [6, 6.07) is 10.2. The lowest BCUT2D eigenvalue weighted by Crippen LogP contribution is -2.34. The van der Waals surface area contributed by atoms with Crippen molar-refractivity contribution in [1.82, 2.24) is 20.1 Å². The Morgan fingerprint density at radius 1 is 1.14 bits per heavy atom. The van der Waals surface area contributed by atoms with Crippen molar-refractivity contribution in [2.45, 2.75) is 45.4 Å². The van der Waals surface area contributed by atoms with Gasteiger partial charge in [-0.15, -0.1) is 16.8 Å². The number of allylic oxidation sites excluding steroid dienone is 1. The lowest BCUT2D eigenvalue weighted by Gasteiger charge is -2.23. The van der Waals surface area contributed by atoms with Gasteiger partial charge in [-0.05, 0) is 55.2 Å². The monoisotopic (exact) mass is 545 g/mol. The second-order valence-electron chi connectivity index (χ2n) is 8.71. The van der Waals surface area contributed by atoms with Gasteiger partial charge in [0.25, 0.3) is 5.91 Å². The van der Waals surface area contributed by atoms with Crippen LogP contribution in [0.25, 0.3) is 0 Å². The molecule has 1 heterocycles. The van der Waals surface area contributed by atoms with E-state index in [-0.39, 0.29) is 28.5 Å². The maximum Gasteiger partial charge on any atom is 0.253 e. The molecule has 10 heteroatoms. The molecule has 2 N–H and O–H groups in total. The zero-order valence-electron chi connectivity index (χ0n) is 20.6. The number of nitrogens with zero attached hydrogens (tertiary/aromatic N) is 3. The minimum atomic E-state index is -0.449. The first-order valence-electron chi connectivity index (χ1n) is 11.4. The molecule has 0 saturated carbocycles. The molecular weight excluding hydrogens is 517 g/mol. The van der Waals surface area contributed by atoms with Crippen LogP contribution in [0.5, 0.6) is 0 Å². The summed E-state index contributed by atoms with van der Waals surface area (Å²) in [5.74, 6) is 0.237. The van der Waals surface area contributed by atoms with Crippen molar-refractivity contribution in [3.8, 4) is 0 Å². The zero-order valence-corrected chi connectivity index (χ0v) is 23.0. The van der Waals surface area contributed by atoms with E-state index in [1.165, 1.54) is 17.8 Å². The molecule has 0 bridgehead atoms. The number of anilines is 1. The van der Waals surface area contributed by atoms with Gasteiger partial charge in [0, 0.05) is 17.3 Å². The third-order valence-electron chi connectivity index (χ3n) is 5.46. The number of rotatable bonds is 10. The van der Waals surface area contributed by atoms with Crippen LogP contribution >= 0.6 is 35.0 Å². The van der Waals surface area contributed by atoms with Crippen molar-refractivity contribution in [1.29, 1.82) is 0 Å². The van der Waals surface area contributed by atoms with Gasteiger partial charge in [0.05, 0.1) is 22.4 Å². The standard InChI is InChI=1S/C26H29Cl2N5O2S/c1-6-11-33-24(23(15(2)3)30-25(35)19-10-9-18(27)13-20(19)28)31-32-26(33)36-14-22(34)29-21-12-16(4)7-8-17(21)5/h6-10,12-13,15,23H,1,11,14H2,2-5H3,(H,29,34)(H,30,35)/t23-/m1/s1. The summed E-state index contributed by atoms with van der Waals surface area (Å²) in [5.41, 5.74) is 3.17. The molecule has 0 radical (unpaired) electrons. The van der Waals surface area contributed by atoms with Crippen molar-refractivity contribution in [3.05, 3.63) is 81.6 Å². The molecule has 0 aliphatic rings. The lowest BCUT2D eigenvalue weighted by atomic mass is 10.0. The topological polar surface area (TPSA) is 88.9 Å². The lowest BCUT2D eigenvalue weighted by molar-refractivity contribution is -0.113. The molecule has 0 aliphatic heterocycles. The Kier molecular flexibility index (Phi) is 9.59. The highest BCUT2D eigenvalue weighted by Crippen LogP contribution is 2.27. The van der Waals surface area contributed by atoms with E-state index in [9.17, 15) is 9.59 Å². The third-order valence-corrected chi connectivity index (χ3v) is 6.98. The van der Waals surface area contributed by atoms with Gasteiger partial charge in [-0.1, -0.05) is 67.0 Å². The van der Waals surface area contributed by atoms with Crippen LogP contribution in [0.4, 0.5) is 5.69 Å². The molecule has 1 atom stereocenters. The van der Waals surface area contributed by atoms with E-state index < -0.39 is 6.04 Å². The molecular formula is C26H29Cl2N5O2S. The van der Waals surface area contributed by atoms with Gasteiger partial charge in [0.15, 0.2) is 11.0 Å². The Morgan fingerprint density at radius 2 is 1.89 bits per heavy atom. The summed E-state index contributed by atoms with van der Waals surface area (Å²) in [6.07, 6.45) is 1.72. The van der Waals surface area contributed by atoms with Gasteiger partial charge in [-0.3, -0.25) is 9.59 Å². The average Bonchev–Trinajstić information content (AvgIpc) is 3.20. The molecule has 3 rings (SSSR count). The number of aryl methyl sites for hydroxylation is 2. The maximum atomic E-state index is 13.0. The Balaban J connectivity index is 1.78. The van der Waals surface area contributed by atoms with Crippen LogP contribution in [0.3, 0.4) is 0 Å². The number of carbonyl (C=O) groups excluding carboxylic acids is 2. The number of benzene rings is 2. The number of hydrogen-bond acceptors (Lipinski definition) is 5. The van der Waals surface area contributed by atoms with Crippen LogP contribution in [0.1, 0.15) is 47.2 Å². The SMILES string of the molecule is C=CCn1c(SCC(=O)Nc2cc(C)ccc2C)nnc1[C@H](NC(=O)c1ccc(Cl)cc1Cl)C(C)C. The number of hydrogen-bond donors (Lipinski definition) is 2. The molecule has 2 amide bonds. The number of nitrogens with one attached hydrogen (secondary N) is 2. The van der Waals surface area contributed by atoms with Crippen LogP contribution in [-0.4, -0.2) is 32.3 Å². The van der Waals surface area contributed by atoms with E-state index in [2.05, 4.69) is 27.4 Å². The highest BCUT2D eigenvalue weighted by Gasteiger charge is 2.27. The number of carbonyl (C=O) groups is 2. The van der Waals surface area contributed by atoms with Crippen molar-refractivity contribution in [2.75, 3.05) is 11.1 Å². The van der Waals surface area contributed by atoms with Crippen LogP contribution in [0.15, 0.2) is 54.2 Å². The number of aromatic nitrogens is 3. The Bertz CT molecular complexity index is 1280. The van der Waals surface area contributed by atoms with Crippen LogP contribution in [0.2, 0.25) is 10.0 Å². The van der Waals surface area contributed by atoms with Gasteiger partial charge >= 0.3 is 0 Å². The number of amides is 2. The molecule has 0 unspecified atom stereocenters. The van der Waals surface area contributed by atoms with Gasteiger partial charge in [-0.25, -0.2) is 0 Å². The first kappa shape index (κ1) is 27.8. The predicted molar refractivity (Wildman–Crippen MR) is 147 cm³/mol. The Labute approximate surface area is 225 Å². The summed E-state index contributed by atoms with van der Waals surface area (Å²) in [7, 11) is 0. The molecule has 0 aliphatic carbocycles. The average molecular weight is 547 g/mol. The van der Waals surface area contributed by atoms with Gasteiger partial charge in [-0.2, -0.15) is 0 Å². The van der Waals surface area contributed by atoms with Crippen LogP contribution in [-0.2, 0) is 11.3 Å². The van der Waals surface area contributed by atoms with Crippen molar-refractivity contribution < 1.29 is 9.59 Å². The quantitative estimate of drug-likeness (QED) is 0.232. The van der Waals surface area contributed by atoms with Crippen LogP contribution < -0.4 is 10.6 Å². The van der Waals surface area contributed by atoms with Crippen LogP contribution in [0, 0.1) is 19.8 Å². The fourth-order valence-corrected chi connectivity index (χ4v) is 4.80. The highest BCUT2D eigenvalue weighted by molar-refractivity contribution is 7.99. The summed E-state index contributed by atoms with van der Waals surface area (Å²) < 4.78 is 1.86. The van der Waals surface area contributed by atoms with E-state index in [1.807, 2.05) is 50.5 Å². The second kappa shape index (κ2) is 12.4. The summed E-state index contributed by atoms with van der Waals surface area (Å²) >= 11 is 13.5. The molecule has 190 valence electrons. The second-order valence-corrected chi connectivity index (χ2v) is 10.5. The maximum absolute atomic E-state index is 13.0. The van der Waals surface area contributed by atoms with E-state index in [1.54, 1.807) is 18.2 Å². The van der Waals surface area contributed by atoms with E-state index >= 15 is 0 Å². The molecule has 0 spiro atoms. The van der Waals surface area contributed by atoms with E-state index in [0.717, 1.165) is 16.8 Å². The largest absolute Gasteiger partial charge is 0.342 e. The van der Waals surface area contributed by atoms with Crippen molar-refractivity contribution >= 4 is 52.5 Å². The van der Waals surface area contributed by atoms with Gasteiger partial charge < -0.3 is 15.2 Å². The minimum Gasteiger partial charge on any atom is -0.342 e. The molecule has 0 fully saturated rings. The van der Waals surface area contributed by atoms with Gasteiger partial charge in [0.2, 0.25) is 5.91 Å². The van der Waals surface area contributed by atoms with E-state index in [0.29, 0.717) is 28.1 Å². The summed E-state index contributed by atoms with van der Waals surface area (Å²) in [4.78, 5) is 25.6. The normalized spacial score (nSPS) is 11.9. The Morgan fingerprint density at radius 3 is 2.56 bits per heavy atom. The van der Waals surface area contributed by atoms with E-state index in [4.69, 9.17) is 23.2 Å². The van der Waals surface area contributed by atoms with Crippen molar-refractivity contribution in [3.63, 3.8) is 0 Å². The fourth-order valence-electron chi connectivity index (χ4n) is 3.55. The third kappa shape index (κ3) is 6.90. The summed E-state index contributed by atoms with van der Waals surface area (Å²) in [6.45, 7) is 12.1. The highest BCUT2D eigenvalue weighted by atomic mass is 35.5. The summed E-state index contributed by atoms with van der Waals surface area (Å²) in [5, 5.41) is 15.9. The smallest absolute Gasteiger partial charge is 0.253 e. The number of halogens is 2. The number of thioether (sulfide) groups is 1. The molecule has 7 nitrogen and oxygen atoms in total. The van der Waals surface area contributed by atoms with Crippen molar-refractivity contribution in [2.24, 2.45) is 5.92 Å². The minimum absolute atomic E-state index is 0.00163. The molecule has 2 aromatic carbocycles. The van der Waals surface area contributed by atoms with Gasteiger partial charge in [0.1, 0.15) is 0 Å². The zero-order chi connectivity index (χ0) is 26.4. The molecule has 1 aromatic heterocycles. The molecule has 36 heavy (non-hydrogen) atoms. The fraction of sp³-hybridized carbons (Fsp3) is 0.308. The molecule has 3 aromatic rings. The first-order chi connectivity index (χ1) is 17.1. The predicted octanol–water partition coefficient (Wildman–Crippen LogP) is 6.25.